The van der Waals surface area contributed by atoms with Crippen LogP contribution in [0.25, 0.3) is 0 Å². The Kier molecular flexibility index (Phi) is 8.34. The number of benzene rings is 2. The van der Waals surface area contributed by atoms with E-state index in [0.29, 0.717) is 22.0 Å². The zero-order valence-corrected chi connectivity index (χ0v) is 19.8. The van der Waals surface area contributed by atoms with Gasteiger partial charge in [-0.15, -0.1) is 0 Å². The van der Waals surface area contributed by atoms with Crippen LogP contribution in [0, 0.1) is 6.92 Å². The Morgan fingerprint density at radius 1 is 1.03 bits per heavy atom. The molecule has 0 heterocycles. The Morgan fingerprint density at radius 3 is 2.13 bits per heavy atom. The highest BCUT2D eigenvalue weighted by molar-refractivity contribution is 6.36. The maximum Gasteiger partial charge on any atom is 0.242 e. The van der Waals surface area contributed by atoms with Crippen molar-refractivity contribution in [1.29, 1.82) is 0 Å². The van der Waals surface area contributed by atoms with Crippen LogP contribution < -0.4 is 5.32 Å². The van der Waals surface area contributed by atoms with Gasteiger partial charge in [0.25, 0.3) is 0 Å². The van der Waals surface area contributed by atoms with Gasteiger partial charge in [-0.25, -0.2) is 0 Å². The molecule has 1 N–H and O–H groups in total. The summed E-state index contributed by atoms with van der Waals surface area (Å²) in [6.07, 6.45) is 0.887. The number of nitrogens with zero attached hydrogens (tertiary/aromatic N) is 1. The van der Waals surface area contributed by atoms with Gasteiger partial charge in [-0.3, -0.25) is 9.59 Å². The lowest BCUT2D eigenvalue weighted by molar-refractivity contribution is -0.141. The minimum Gasteiger partial charge on any atom is -0.350 e. The Morgan fingerprint density at radius 2 is 1.60 bits per heavy atom. The fourth-order valence-corrected chi connectivity index (χ4v) is 3.58. The van der Waals surface area contributed by atoms with Crippen LogP contribution in [0.2, 0.25) is 10.0 Å². The van der Waals surface area contributed by atoms with E-state index in [1.54, 1.807) is 30.0 Å². The first-order valence-electron chi connectivity index (χ1n) is 10.1. The largest absolute Gasteiger partial charge is 0.350 e. The fourth-order valence-electron chi connectivity index (χ4n) is 3.06. The van der Waals surface area contributed by atoms with Crippen molar-refractivity contribution in [2.45, 2.75) is 65.6 Å². The van der Waals surface area contributed by atoms with Gasteiger partial charge >= 0.3 is 0 Å². The molecule has 0 saturated carbocycles. The topological polar surface area (TPSA) is 49.4 Å². The van der Waals surface area contributed by atoms with Gasteiger partial charge in [0.1, 0.15) is 6.04 Å². The molecule has 0 bridgehead atoms. The molecule has 0 aliphatic carbocycles. The summed E-state index contributed by atoms with van der Waals surface area (Å²) in [7, 11) is 0. The van der Waals surface area contributed by atoms with Crippen LogP contribution in [0.5, 0.6) is 0 Å². The smallest absolute Gasteiger partial charge is 0.242 e. The standard InChI is InChI=1S/C24H30Cl2N2O2/c1-16-9-11-18(12-10-16)13-14-22(29)28(17(2)23(30)27-24(3,4)5)15-19-20(25)7-6-8-21(19)26/h6-12,17H,13-15H2,1-5H3,(H,27,30). The lowest BCUT2D eigenvalue weighted by Gasteiger charge is -2.32. The third kappa shape index (κ3) is 7.03. The molecule has 1 unspecified atom stereocenters. The molecule has 0 radical (unpaired) electrons. The first-order chi connectivity index (χ1) is 14.0. The quantitative estimate of drug-likeness (QED) is 0.601. The molecule has 6 heteroatoms. The van der Waals surface area contributed by atoms with Crippen LogP contribution in [0.1, 0.15) is 50.8 Å². The number of nitrogens with one attached hydrogen (secondary N) is 1. The maximum absolute atomic E-state index is 13.2. The number of hydrogen-bond donors (Lipinski definition) is 1. The van der Waals surface area contributed by atoms with Gasteiger partial charge < -0.3 is 10.2 Å². The Balaban J connectivity index is 2.23. The maximum atomic E-state index is 13.2. The molecule has 0 aliphatic heterocycles. The summed E-state index contributed by atoms with van der Waals surface area (Å²) < 4.78 is 0. The number of amides is 2. The van der Waals surface area contributed by atoms with Gasteiger partial charge in [0.2, 0.25) is 11.8 Å². The van der Waals surface area contributed by atoms with E-state index in [1.165, 1.54) is 5.56 Å². The second kappa shape index (κ2) is 10.3. The zero-order chi connectivity index (χ0) is 22.5. The van der Waals surface area contributed by atoms with Crippen LogP contribution in [0.4, 0.5) is 0 Å². The summed E-state index contributed by atoms with van der Waals surface area (Å²) in [6, 6.07) is 12.7. The van der Waals surface area contributed by atoms with Crippen molar-refractivity contribution in [3.8, 4) is 0 Å². The summed E-state index contributed by atoms with van der Waals surface area (Å²) in [5.74, 6) is -0.336. The predicted octanol–water partition coefficient (Wildman–Crippen LogP) is 5.57. The average Bonchev–Trinajstić information content (AvgIpc) is 2.65. The van der Waals surface area contributed by atoms with Crippen LogP contribution in [0.3, 0.4) is 0 Å². The number of carbonyl (C=O) groups excluding carboxylic acids is 2. The minimum atomic E-state index is -0.665. The van der Waals surface area contributed by atoms with Gasteiger partial charge in [-0.2, -0.15) is 0 Å². The highest BCUT2D eigenvalue weighted by atomic mass is 35.5. The molecule has 2 aromatic rings. The third-order valence-corrected chi connectivity index (χ3v) is 5.51. The van der Waals surface area contributed by atoms with Crippen molar-refractivity contribution in [1.82, 2.24) is 10.2 Å². The van der Waals surface area contributed by atoms with Gasteiger partial charge in [-0.05, 0) is 58.7 Å². The van der Waals surface area contributed by atoms with Crippen molar-refractivity contribution < 1.29 is 9.59 Å². The monoisotopic (exact) mass is 448 g/mol. The molecule has 0 saturated heterocycles. The number of rotatable bonds is 7. The van der Waals surface area contributed by atoms with Gasteiger partial charge in [0.05, 0.1) is 0 Å². The first-order valence-corrected chi connectivity index (χ1v) is 10.8. The molecular weight excluding hydrogens is 419 g/mol. The fraction of sp³-hybridized carbons (Fsp3) is 0.417. The van der Waals surface area contributed by atoms with E-state index in [-0.39, 0.29) is 24.8 Å². The summed E-state index contributed by atoms with van der Waals surface area (Å²) in [5.41, 5.74) is 2.49. The molecule has 2 amide bonds. The predicted molar refractivity (Wildman–Crippen MR) is 124 cm³/mol. The van der Waals surface area contributed by atoms with Gasteiger partial charge in [0.15, 0.2) is 0 Å². The number of carbonyl (C=O) groups is 2. The highest BCUT2D eigenvalue weighted by Crippen LogP contribution is 2.27. The molecule has 0 aliphatic rings. The molecule has 0 spiro atoms. The van der Waals surface area contributed by atoms with Crippen molar-refractivity contribution in [3.05, 3.63) is 69.2 Å². The Hall–Kier alpha value is -2.04. The lowest BCUT2D eigenvalue weighted by Crippen LogP contribution is -2.52. The van der Waals surface area contributed by atoms with Crippen LogP contribution in [-0.4, -0.2) is 28.3 Å². The second-order valence-corrected chi connectivity index (χ2v) is 9.44. The summed E-state index contributed by atoms with van der Waals surface area (Å²) in [4.78, 5) is 27.5. The van der Waals surface area contributed by atoms with E-state index in [0.717, 1.165) is 5.56 Å². The van der Waals surface area contributed by atoms with Crippen LogP contribution in [-0.2, 0) is 22.6 Å². The van der Waals surface area contributed by atoms with Crippen molar-refractivity contribution in [2.75, 3.05) is 0 Å². The van der Waals surface area contributed by atoms with E-state index in [2.05, 4.69) is 5.32 Å². The number of hydrogen-bond acceptors (Lipinski definition) is 2. The van der Waals surface area contributed by atoms with E-state index in [4.69, 9.17) is 23.2 Å². The molecule has 0 fully saturated rings. The summed E-state index contributed by atoms with van der Waals surface area (Å²) in [6.45, 7) is 9.66. The van der Waals surface area contributed by atoms with E-state index in [9.17, 15) is 9.59 Å². The summed E-state index contributed by atoms with van der Waals surface area (Å²) in [5, 5.41) is 3.90. The average molecular weight is 449 g/mol. The van der Waals surface area contributed by atoms with Crippen molar-refractivity contribution in [2.24, 2.45) is 0 Å². The second-order valence-electron chi connectivity index (χ2n) is 8.62. The van der Waals surface area contributed by atoms with Gasteiger partial charge in [0, 0.05) is 34.1 Å². The normalized spacial score (nSPS) is 12.4. The van der Waals surface area contributed by atoms with E-state index >= 15 is 0 Å². The van der Waals surface area contributed by atoms with E-state index in [1.807, 2.05) is 52.0 Å². The SMILES string of the molecule is Cc1ccc(CCC(=O)N(Cc2c(Cl)cccc2Cl)C(C)C(=O)NC(C)(C)C)cc1. The molecule has 0 aromatic heterocycles. The number of halogens is 2. The highest BCUT2D eigenvalue weighted by Gasteiger charge is 2.29. The molecule has 30 heavy (non-hydrogen) atoms. The van der Waals surface area contributed by atoms with Crippen LogP contribution in [0.15, 0.2) is 42.5 Å². The molecule has 162 valence electrons. The third-order valence-electron chi connectivity index (χ3n) is 4.80. The van der Waals surface area contributed by atoms with Gasteiger partial charge in [-0.1, -0.05) is 59.1 Å². The zero-order valence-electron chi connectivity index (χ0n) is 18.3. The van der Waals surface area contributed by atoms with Crippen molar-refractivity contribution >= 4 is 35.0 Å². The van der Waals surface area contributed by atoms with E-state index < -0.39 is 11.6 Å². The number of aryl methyl sites for hydroxylation is 2. The first kappa shape index (κ1) is 24.2. The lowest BCUT2D eigenvalue weighted by atomic mass is 10.1. The minimum absolute atomic E-state index is 0.122. The Labute approximate surface area is 189 Å². The van der Waals surface area contributed by atoms with Crippen LogP contribution >= 0.6 is 23.2 Å². The molecule has 2 aromatic carbocycles. The molecule has 4 nitrogen and oxygen atoms in total. The molecule has 2 rings (SSSR count). The van der Waals surface area contributed by atoms with Crippen molar-refractivity contribution in [3.63, 3.8) is 0 Å². The Bertz CT molecular complexity index is 869. The molecule has 1 atom stereocenters. The summed E-state index contributed by atoms with van der Waals surface area (Å²) >= 11 is 12.7. The molecular formula is C24H30Cl2N2O2.